The van der Waals surface area contributed by atoms with Gasteiger partial charge in [-0.2, -0.15) is 0 Å². The number of nitrogens with one attached hydrogen (secondary N) is 1. The number of ether oxygens (including phenoxy) is 1. The maximum absolute atomic E-state index is 12.2. The van der Waals surface area contributed by atoms with Crippen LogP contribution in [0.3, 0.4) is 0 Å². The molecule has 3 amide bonds. The van der Waals surface area contributed by atoms with Crippen LogP contribution in [-0.2, 0) is 4.74 Å². The van der Waals surface area contributed by atoms with Crippen LogP contribution in [0.15, 0.2) is 24.3 Å². The molecule has 1 heterocycles. The Morgan fingerprint density at radius 1 is 1.08 bits per heavy atom. The van der Waals surface area contributed by atoms with E-state index in [2.05, 4.69) is 5.32 Å². The summed E-state index contributed by atoms with van der Waals surface area (Å²) in [6.45, 7) is 6.97. The van der Waals surface area contributed by atoms with Crippen molar-refractivity contribution in [3.05, 3.63) is 34.4 Å². The normalized spacial score (nSPS) is 14.8. The van der Waals surface area contributed by atoms with Gasteiger partial charge in [0.1, 0.15) is 5.60 Å². The molecule has 1 aliphatic rings. The number of carbonyl (C=O) groups is 2. The monoisotopic (exact) mass is 350 g/mol. The highest BCUT2D eigenvalue weighted by Gasteiger charge is 2.27. The molecule has 0 saturated carbocycles. The molecule has 1 aromatic carbocycles. The summed E-state index contributed by atoms with van der Waals surface area (Å²) in [4.78, 5) is 37.5. The number of non-ortho nitro benzene ring substituents is 1. The van der Waals surface area contributed by atoms with Gasteiger partial charge in [0.2, 0.25) is 0 Å². The lowest BCUT2D eigenvalue weighted by atomic mass is 10.2. The van der Waals surface area contributed by atoms with Crippen molar-refractivity contribution in [2.45, 2.75) is 26.4 Å². The van der Waals surface area contributed by atoms with Crippen LogP contribution in [0.5, 0.6) is 0 Å². The highest BCUT2D eigenvalue weighted by Crippen LogP contribution is 2.16. The number of rotatable bonds is 2. The number of nitro benzene ring substituents is 1. The van der Waals surface area contributed by atoms with Crippen molar-refractivity contribution in [1.29, 1.82) is 0 Å². The second-order valence-corrected chi connectivity index (χ2v) is 6.69. The van der Waals surface area contributed by atoms with E-state index in [-0.39, 0.29) is 17.8 Å². The molecule has 1 fully saturated rings. The Morgan fingerprint density at radius 2 is 1.60 bits per heavy atom. The molecule has 1 aliphatic heterocycles. The van der Waals surface area contributed by atoms with Crippen LogP contribution in [0.4, 0.5) is 21.0 Å². The second kappa shape index (κ2) is 7.37. The van der Waals surface area contributed by atoms with Crippen molar-refractivity contribution in [2.24, 2.45) is 0 Å². The molecular formula is C16H22N4O5. The van der Waals surface area contributed by atoms with Gasteiger partial charge in [-0.1, -0.05) is 0 Å². The first-order valence-electron chi connectivity index (χ1n) is 7.94. The van der Waals surface area contributed by atoms with Crippen LogP contribution < -0.4 is 5.32 Å². The van der Waals surface area contributed by atoms with E-state index >= 15 is 0 Å². The van der Waals surface area contributed by atoms with Crippen LogP contribution in [0.25, 0.3) is 0 Å². The van der Waals surface area contributed by atoms with E-state index in [1.807, 2.05) is 0 Å². The minimum atomic E-state index is -0.554. The molecule has 0 aromatic heterocycles. The highest BCUT2D eigenvalue weighted by atomic mass is 16.6. The van der Waals surface area contributed by atoms with Crippen molar-refractivity contribution in [2.75, 3.05) is 31.5 Å². The molecular weight excluding hydrogens is 328 g/mol. The third-order valence-electron chi connectivity index (χ3n) is 3.55. The largest absolute Gasteiger partial charge is 0.444 e. The number of hydrogen-bond acceptors (Lipinski definition) is 5. The van der Waals surface area contributed by atoms with Crippen molar-refractivity contribution in [1.82, 2.24) is 9.80 Å². The van der Waals surface area contributed by atoms with Crippen molar-refractivity contribution < 1.29 is 19.2 Å². The molecule has 9 heteroatoms. The van der Waals surface area contributed by atoms with Crippen molar-refractivity contribution in [3.63, 3.8) is 0 Å². The Hall–Kier alpha value is -2.84. The van der Waals surface area contributed by atoms with E-state index < -0.39 is 10.5 Å². The molecule has 0 bridgehead atoms. The first-order chi connectivity index (χ1) is 11.7. The number of nitro groups is 1. The highest BCUT2D eigenvalue weighted by molar-refractivity contribution is 5.89. The van der Waals surface area contributed by atoms with E-state index in [0.717, 1.165) is 0 Å². The maximum Gasteiger partial charge on any atom is 0.410 e. The minimum absolute atomic E-state index is 0.0380. The lowest BCUT2D eigenvalue weighted by Gasteiger charge is -2.35. The third-order valence-corrected chi connectivity index (χ3v) is 3.55. The standard InChI is InChI=1S/C16H22N4O5/c1-16(2,3)25-15(22)19-10-8-18(9-11-19)14(21)17-12-4-6-13(7-5-12)20(23)24/h4-7H,8-11H2,1-3H3,(H,17,21). The number of urea groups is 1. The Bertz CT molecular complexity index is 645. The first-order valence-corrected chi connectivity index (χ1v) is 7.94. The molecule has 2 rings (SSSR count). The first kappa shape index (κ1) is 18.5. The molecule has 1 N–H and O–H groups in total. The van der Waals surface area contributed by atoms with Gasteiger partial charge >= 0.3 is 12.1 Å². The number of carbonyl (C=O) groups excluding carboxylic acids is 2. The van der Waals surface area contributed by atoms with Crippen LogP contribution in [0.1, 0.15) is 20.8 Å². The minimum Gasteiger partial charge on any atom is -0.444 e. The summed E-state index contributed by atoms with van der Waals surface area (Å²) >= 11 is 0. The lowest BCUT2D eigenvalue weighted by molar-refractivity contribution is -0.384. The van der Waals surface area contributed by atoms with Crippen molar-refractivity contribution >= 4 is 23.5 Å². The van der Waals surface area contributed by atoms with Gasteiger partial charge in [0.15, 0.2) is 0 Å². The molecule has 1 saturated heterocycles. The average molecular weight is 350 g/mol. The Morgan fingerprint density at radius 3 is 2.08 bits per heavy atom. The van der Waals surface area contributed by atoms with Crippen molar-refractivity contribution in [3.8, 4) is 0 Å². The van der Waals surface area contributed by atoms with Gasteiger partial charge in [-0.25, -0.2) is 9.59 Å². The molecule has 25 heavy (non-hydrogen) atoms. The molecule has 0 radical (unpaired) electrons. The Balaban J connectivity index is 1.84. The number of amides is 3. The summed E-state index contributed by atoms with van der Waals surface area (Å²) in [6.07, 6.45) is -0.386. The zero-order valence-electron chi connectivity index (χ0n) is 14.5. The molecule has 1 aromatic rings. The fourth-order valence-electron chi connectivity index (χ4n) is 2.29. The van der Waals surface area contributed by atoms with E-state index in [1.54, 1.807) is 30.6 Å². The fourth-order valence-corrected chi connectivity index (χ4v) is 2.29. The summed E-state index contributed by atoms with van der Waals surface area (Å²) in [7, 11) is 0. The molecule has 9 nitrogen and oxygen atoms in total. The summed E-state index contributed by atoms with van der Waals surface area (Å²) in [6, 6.07) is 5.31. The molecule has 136 valence electrons. The van der Waals surface area contributed by atoms with Gasteiger partial charge < -0.3 is 19.9 Å². The topological polar surface area (TPSA) is 105 Å². The Kier molecular flexibility index (Phi) is 5.45. The number of benzene rings is 1. The number of nitrogens with zero attached hydrogens (tertiary/aromatic N) is 3. The van der Waals surface area contributed by atoms with Gasteiger partial charge in [0.25, 0.3) is 5.69 Å². The smallest absolute Gasteiger partial charge is 0.410 e. The van der Waals surface area contributed by atoms with E-state index in [0.29, 0.717) is 31.9 Å². The average Bonchev–Trinajstić information content (AvgIpc) is 2.54. The predicted octanol–water partition coefficient (Wildman–Crippen LogP) is 2.68. The van der Waals surface area contributed by atoms with Crippen LogP contribution in [-0.4, -0.2) is 58.6 Å². The van der Waals surface area contributed by atoms with Crippen LogP contribution in [0.2, 0.25) is 0 Å². The summed E-state index contributed by atoms with van der Waals surface area (Å²) in [5, 5.41) is 13.3. The zero-order chi connectivity index (χ0) is 18.6. The van der Waals surface area contributed by atoms with Crippen LogP contribution in [0, 0.1) is 10.1 Å². The van der Waals surface area contributed by atoms with Gasteiger partial charge in [-0.3, -0.25) is 10.1 Å². The second-order valence-electron chi connectivity index (χ2n) is 6.69. The van der Waals surface area contributed by atoms with Gasteiger partial charge in [0, 0.05) is 44.0 Å². The fraction of sp³-hybridized carbons (Fsp3) is 0.500. The molecule has 0 atom stereocenters. The number of anilines is 1. The van der Waals surface area contributed by atoms with Gasteiger partial charge in [0.05, 0.1) is 4.92 Å². The molecule has 0 aliphatic carbocycles. The SMILES string of the molecule is CC(C)(C)OC(=O)N1CCN(C(=O)Nc2ccc([N+](=O)[O-])cc2)CC1. The Labute approximate surface area is 145 Å². The third kappa shape index (κ3) is 5.33. The number of piperazine rings is 1. The summed E-state index contributed by atoms with van der Waals surface area (Å²) in [5.74, 6) is 0. The number of hydrogen-bond donors (Lipinski definition) is 1. The van der Waals surface area contributed by atoms with E-state index in [4.69, 9.17) is 4.74 Å². The molecule has 0 spiro atoms. The predicted molar refractivity (Wildman–Crippen MR) is 91.5 cm³/mol. The lowest BCUT2D eigenvalue weighted by Crippen LogP contribution is -2.52. The summed E-state index contributed by atoms with van der Waals surface area (Å²) < 4.78 is 5.31. The van der Waals surface area contributed by atoms with E-state index in [9.17, 15) is 19.7 Å². The molecule has 0 unspecified atom stereocenters. The maximum atomic E-state index is 12.2. The summed E-state index contributed by atoms with van der Waals surface area (Å²) in [5.41, 5.74) is -0.115. The van der Waals surface area contributed by atoms with Gasteiger partial charge in [-0.15, -0.1) is 0 Å². The zero-order valence-corrected chi connectivity index (χ0v) is 14.5. The van der Waals surface area contributed by atoms with E-state index in [1.165, 1.54) is 24.3 Å². The van der Waals surface area contributed by atoms with Crippen LogP contribution >= 0.6 is 0 Å². The quantitative estimate of drug-likeness (QED) is 0.652. The van der Waals surface area contributed by atoms with Gasteiger partial charge in [-0.05, 0) is 32.9 Å².